The molecule has 1 heterocycles. The van der Waals surface area contributed by atoms with Crippen LogP contribution in [0.5, 0.6) is 0 Å². The average molecular weight is 227 g/mol. The molecule has 0 fully saturated rings. The molecule has 0 spiro atoms. The van der Waals surface area contributed by atoms with E-state index in [9.17, 15) is 13.2 Å². The van der Waals surface area contributed by atoms with Gasteiger partial charge in [0.2, 0.25) is 0 Å². The first-order valence-electron chi connectivity index (χ1n) is 4.16. The second kappa shape index (κ2) is 3.21. The van der Waals surface area contributed by atoms with Crippen LogP contribution in [0.4, 0.5) is 18.9 Å². The summed E-state index contributed by atoms with van der Waals surface area (Å²) in [5.41, 5.74) is 5.87. The minimum atomic E-state index is -4.53. The number of halogens is 3. The Labute approximate surface area is 87.2 Å². The van der Waals surface area contributed by atoms with Gasteiger partial charge in [0, 0.05) is 16.2 Å². The number of nitrogens with zero attached hydrogens (tertiary/aromatic N) is 5. The Balaban J connectivity index is 2.33. The SMILES string of the molecule is [N-]=[N+]=Nc1ccc(C2(C(F)(F)F)N=N2)cc1. The van der Waals surface area contributed by atoms with Crippen molar-refractivity contribution in [1.82, 2.24) is 0 Å². The molecule has 0 N–H and O–H groups in total. The molecule has 8 heteroatoms. The van der Waals surface area contributed by atoms with Gasteiger partial charge in [0.1, 0.15) is 0 Å². The van der Waals surface area contributed by atoms with Gasteiger partial charge in [0.05, 0.1) is 0 Å². The van der Waals surface area contributed by atoms with E-state index in [1.807, 2.05) is 0 Å². The molecule has 82 valence electrons. The molecule has 0 saturated carbocycles. The molecule has 1 aliphatic heterocycles. The second-order valence-electron chi connectivity index (χ2n) is 3.11. The van der Waals surface area contributed by atoms with E-state index in [2.05, 4.69) is 20.3 Å². The van der Waals surface area contributed by atoms with Crippen molar-refractivity contribution in [3.8, 4) is 0 Å². The molecule has 0 unspecified atom stereocenters. The standard InChI is InChI=1S/C8H4F3N5/c9-8(10,11)7(14-15-7)5-1-3-6(4-2-5)13-16-12/h1-4H. The van der Waals surface area contributed by atoms with E-state index in [-0.39, 0.29) is 11.3 Å². The van der Waals surface area contributed by atoms with Crippen molar-refractivity contribution >= 4 is 5.69 Å². The third kappa shape index (κ3) is 1.49. The Morgan fingerprint density at radius 3 is 2.12 bits per heavy atom. The topological polar surface area (TPSA) is 73.5 Å². The molecule has 1 aliphatic rings. The van der Waals surface area contributed by atoms with E-state index in [0.717, 1.165) is 0 Å². The molecule has 5 nitrogen and oxygen atoms in total. The fraction of sp³-hybridized carbons (Fsp3) is 0.250. The van der Waals surface area contributed by atoms with Crippen molar-refractivity contribution in [2.75, 3.05) is 0 Å². The summed E-state index contributed by atoms with van der Waals surface area (Å²) in [6.07, 6.45) is -4.53. The molecule has 1 aromatic rings. The van der Waals surface area contributed by atoms with Crippen LogP contribution in [0.25, 0.3) is 10.4 Å². The highest BCUT2D eigenvalue weighted by Gasteiger charge is 2.65. The van der Waals surface area contributed by atoms with E-state index >= 15 is 0 Å². The number of hydrogen-bond acceptors (Lipinski definition) is 3. The Hall–Kier alpha value is -2.08. The predicted octanol–water partition coefficient (Wildman–Crippen LogP) is 3.81. The Bertz CT molecular complexity index is 477. The van der Waals surface area contributed by atoms with Crippen LogP contribution in [-0.4, -0.2) is 6.18 Å². The van der Waals surface area contributed by atoms with Crippen molar-refractivity contribution in [3.63, 3.8) is 0 Å². The van der Waals surface area contributed by atoms with Crippen LogP contribution in [0.2, 0.25) is 0 Å². The van der Waals surface area contributed by atoms with Crippen molar-refractivity contribution in [2.45, 2.75) is 11.8 Å². The van der Waals surface area contributed by atoms with Crippen molar-refractivity contribution in [1.29, 1.82) is 0 Å². The minimum absolute atomic E-state index is 0.0862. The quantitative estimate of drug-likeness (QED) is 0.418. The zero-order valence-corrected chi connectivity index (χ0v) is 7.68. The van der Waals surface area contributed by atoms with Crippen molar-refractivity contribution in [3.05, 3.63) is 40.3 Å². The number of benzene rings is 1. The summed E-state index contributed by atoms with van der Waals surface area (Å²) in [7, 11) is 0. The molecule has 0 atom stereocenters. The van der Waals surface area contributed by atoms with Crippen LogP contribution in [0.15, 0.2) is 39.6 Å². The predicted molar refractivity (Wildman–Crippen MR) is 47.8 cm³/mol. The monoisotopic (exact) mass is 227 g/mol. The van der Waals surface area contributed by atoms with Gasteiger partial charge >= 0.3 is 11.8 Å². The van der Waals surface area contributed by atoms with Gasteiger partial charge in [-0.15, -0.1) is 10.2 Å². The van der Waals surface area contributed by atoms with Crippen molar-refractivity contribution < 1.29 is 13.2 Å². The third-order valence-corrected chi connectivity index (χ3v) is 2.13. The highest BCUT2D eigenvalue weighted by molar-refractivity contribution is 5.42. The molecule has 0 radical (unpaired) electrons. The first kappa shape index (κ1) is 10.4. The van der Waals surface area contributed by atoms with Gasteiger partial charge in [-0.25, -0.2) is 0 Å². The normalized spacial score (nSPS) is 16.7. The highest BCUT2D eigenvalue weighted by atomic mass is 19.4. The first-order valence-corrected chi connectivity index (χ1v) is 4.16. The van der Waals surface area contributed by atoms with Gasteiger partial charge in [0.25, 0.3) is 0 Å². The van der Waals surface area contributed by atoms with Crippen LogP contribution >= 0.6 is 0 Å². The average Bonchev–Trinajstić information content (AvgIpc) is 2.99. The molecule has 0 aromatic heterocycles. The summed E-state index contributed by atoms with van der Waals surface area (Å²) in [4.78, 5) is 2.52. The van der Waals surface area contributed by atoms with Gasteiger partial charge < -0.3 is 0 Å². The Morgan fingerprint density at radius 1 is 1.19 bits per heavy atom. The maximum atomic E-state index is 12.6. The molecule has 1 aromatic carbocycles. The molecular weight excluding hydrogens is 223 g/mol. The number of azide groups is 1. The third-order valence-electron chi connectivity index (χ3n) is 2.13. The summed E-state index contributed by atoms with van der Waals surface area (Å²) in [5.74, 6) is 0. The van der Waals surface area contributed by atoms with Gasteiger partial charge in [-0.2, -0.15) is 13.2 Å². The van der Waals surface area contributed by atoms with E-state index in [4.69, 9.17) is 5.53 Å². The molecule has 2 rings (SSSR count). The summed E-state index contributed by atoms with van der Waals surface area (Å²) in [6, 6.07) is 4.95. The summed E-state index contributed by atoms with van der Waals surface area (Å²) in [6.45, 7) is 0. The zero-order chi connectivity index (χ0) is 11.8. The fourth-order valence-electron chi connectivity index (χ4n) is 1.25. The lowest BCUT2D eigenvalue weighted by molar-refractivity contribution is -0.166. The molecule has 0 bridgehead atoms. The van der Waals surface area contributed by atoms with Gasteiger partial charge in [-0.05, 0) is 5.53 Å². The number of alkyl halides is 3. The van der Waals surface area contributed by atoms with Crippen LogP contribution in [0.3, 0.4) is 0 Å². The Kier molecular flexibility index (Phi) is 2.09. The highest BCUT2D eigenvalue weighted by Crippen LogP contribution is 2.52. The van der Waals surface area contributed by atoms with Crippen LogP contribution in [0, 0.1) is 0 Å². The molecule has 0 saturated heterocycles. The fourth-order valence-corrected chi connectivity index (χ4v) is 1.25. The summed E-state index contributed by atoms with van der Waals surface area (Å²) >= 11 is 0. The van der Waals surface area contributed by atoms with Gasteiger partial charge in [-0.3, -0.25) is 0 Å². The van der Waals surface area contributed by atoms with Gasteiger partial charge in [-0.1, -0.05) is 29.4 Å². The van der Waals surface area contributed by atoms with Gasteiger partial charge in [0.15, 0.2) is 0 Å². The van der Waals surface area contributed by atoms with Crippen LogP contribution < -0.4 is 0 Å². The Morgan fingerprint density at radius 2 is 1.75 bits per heavy atom. The maximum Gasteiger partial charge on any atom is 0.442 e. The zero-order valence-electron chi connectivity index (χ0n) is 7.68. The van der Waals surface area contributed by atoms with E-state index in [0.29, 0.717) is 0 Å². The summed E-state index contributed by atoms with van der Waals surface area (Å²) < 4.78 is 37.7. The van der Waals surface area contributed by atoms with Crippen LogP contribution in [-0.2, 0) is 5.66 Å². The molecule has 0 aliphatic carbocycles. The van der Waals surface area contributed by atoms with E-state index < -0.39 is 11.8 Å². The molecule has 16 heavy (non-hydrogen) atoms. The van der Waals surface area contributed by atoms with Crippen LogP contribution in [0.1, 0.15) is 5.56 Å². The lowest BCUT2D eigenvalue weighted by atomic mass is 10.0. The number of rotatable bonds is 2. The van der Waals surface area contributed by atoms with E-state index in [1.54, 1.807) is 0 Å². The lowest BCUT2D eigenvalue weighted by Gasteiger charge is -2.14. The maximum absolute atomic E-state index is 12.6. The lowest BCUT2D eigenvalue weighted by Crippen LogP contribution is -2.29. The molecular formula is C8H4F3N5. The second-order valence-corrected chi connectivity index (χ2v) is 3.11. The van der Waals surface area contributed by atoms with Crippen molar-refractivity contribution in [2.24, 2.45) is 15.3 Å². The van der Waals surface area contributed by atoms with E-state index in [1.165, 1.54) is 24.3 Å². The number of hydrogen-bond donors (Lipinski definition) is 0. The summed E-state index contributed by atoms with van der Waals surface area (Å²) in [5, 5.41) is 9.35. The smallest absolute Gasteiger partial charge is 0.166 e. The first-order chi connectivity index (χ1) is 7.49. The largest absolute Gasteiger partial charge is 0.442 e. The minimum Gasteiger partial charge on any atom is -0.166 e. The molecule has 0 amide bonds.